The van der Waals surface area contributed by atoms with Gasteiger partial charge in [-0.25, -0.2) is 4.79 Å². The molecule has 0 aliphatic rings. The van der Waals surface area contributed by atoms with Crippen molar-refractivity contribution in [1.82, 2.24) is 0 Å². The molecular weight excluding hydrogens is 178 g/mol. The van der Waals surface area contributed by atoms with Gasteiger partial charge >= 0.3 is 6.03 Å². The molecule has 2 amide bonds. The third-order valence-electron chi connectivity index (χ3n) is 1.87. The number of anilines is 1. The quantitative estimate of drug-likeness (QED) is 0.765. The van der Waals surface area contributed by atoms with E-state index in [1.807, 2.05) is 13.0 Å². The molecule has 72 valence electrons. The monoisotopic (exact) mass is 189 g/mol. The van der Waals surface area contributed by atoms with Gasteiger partial charge in [0.1, 0.15) is 0 Å². The number of carbonyl (C=O) groups is 1. The van der Waals surface area contributed by atoms with Crippen LogP contribution >= 0.6 is 0 Å². The maximum absolute atomic E-state index is 11.0. The summed E-state index contributed by atoms with van der Waals surface area (Å²) in [4.78, 5) is 12.4. The average Bonchev–Trinajstić information content (AvgIpc) is 2.19. The number of amides is 2. The van der Waals surface area contributed by atoms with Crippen LogP contribution in [-0.4, -0.2) is 12.6 Å². The second-order valence-electron chi connectivity index (χ2n) is 2.74. The fourth-order valence-electron chi connectivity index (χ4n) is 1.21. The molecular formula is C10H11N3O. The minimum atomic E-state index is -0.511. The van der Waals surface area contributed by atoms with E-state index in [0.717, 1.165) is 0 Å². The highest BCUT2D eigenvalue weighted by atomic mass is 16.2. The van der Waals surface area contributed by atoms with E-state index in [4.69, 9.17) is 11.0 Å². The molecule has 0 saturated heterocycles. The first-order chi connectivity index (χ1) is 6.69. The van der Waals surface area contributed by atoms with Gasteiger partial charge in [-0.05, 0) is 25.1 Å². The first-order valence-electron chi connectivity index (χ1n) is 4.26. The van der Waals surface area contributed by atoms with Crippen LogP contribution in [0, 0.1) is 11.3 Å². The van der Waals surface area contributed by atoms with E-state index in [0.29, 0.717) is 17.8 Å². The van der Waals surface area contributed by atoms with Crippen LogP contribution in [-0.2, 0) is 0 Å². The van der Waals surface area contributed by atoms with E-state index in [-0.39, 0.29) is 0 Å². The Morgan fingerprint density at radius 2 is 2.36 bits per heavy atom. The van der Waals surface area contributed by atoms with Gasteiger partial charge in [-0.2, -0.15) is 5.26 Å². The Balaban J connectivity index is 3.05. The first kappa shape index (κ1) is 10.1. The number of nitrogens with two attached hydrogens (primary N) is 1. The zero-order valence-corrected chi connectivity index (χ0v) is 7.90. The van der Waals surface area contributed by atoms with Crippen molar-refractivity contribution in [3.8, 4) is 6.07 Å². The average molecular weight is 189 g/mol. The number of rotatable bonds is 2. The minimum absolute atomic E-state index is 0.490. The zero-order chi connectivity index (χ0) is 10.6. The van der Waals surface area contributed by atoms with Crippen molar-refractivity contribution in [2.24, 2.45) is 5.73 Å². The summed E-state index contributed by atoms with van der Waals surface area (Å²) in [6.45, 7) is 2.31. The molecule has 0 saturated carbocycles. The molecule has 1 rings (SSSR count). The smallest absolute Gasteiger partial charge is 0.319 e. The SMILES string of the molecule is CCN(C(N)=O)c1cccc(C#N)c1. The highest BCUT2D eigenvalue weighted by Gasteiger charge is 2.09. The molecule has 4 nitrogen and oxygen atoms in total. The van der Waals surface area contributed by atoms with E-state index >= 15 is 0 Å². The molecule has 0 unspecified atom stereocenters. The fourth-order valence-corrected chi connectivity index (χ4v) is 1.21. The number of hydrogen-bond donors (Lipinski definition) is 1. The summed E-state index contributed by atoms with van der Waals surface area (Å²) in [5.74, 6) is 0. The Morgan fingerprint density at radius 1 is 1.64 bits per heavy atom. The molecule has 4 heteroatoms. The lowest BCUT2D eigenvalue weighted by Gasteiger charge is -2.18. The number of hydrogen-bond acceptors (Lipinski definition) is 2. The zero-order valence-electron chi connectivity index (χ0n) is 7.90. The highest BCUT2D eigenvalue weighted by Crippen LogP contribution is 2.15. The molecule has 1 aromatic carbocycles. The first-order valence-corrected chi connectivity index (χ1v) is 4.26. The van der Waals surface area contributed by atoms with Gasteiger partial charge in [0.2, 0.25) is 0 Å². The Morgan fingerprint density at radius 3 is 2.86 bits per heavy atom. The van der Waals surface area contributed by atoms with E-state index < -0.39 is 6.03 Å². The molecule has 0 spiro atoms. The van der Waals surface area contributed by atoms with E-state index in [1.54, 1.807) is 24.3 Å². The predicted octanol–water partition coefficient (Wildman–Crippen LogP) is 1.46. The predicted molar refractivity (Wildman–Crippen MR) is 53.8 cm³/mol. The number of nitrogens with zero attached hydrogens (tertiary/aromatic N) is 2. The molecule has 0 aliphatic heterocycles. The Labute approximate surface area is 82.5 Å². The van der Waals surface area contributed by atoms with Gasteiger partial charge in [-0.3, -0.25) is 4.90 Å². The van der Waals surface area contributed by atoms with Crippen molar-refractivity contribution in [3.05, 3.63) is 29.8 Å². The van der Waals surface area contributed by atoms with Crippen LogP contribution in [0.2, 0.25) is 0 Å². The van der Waals surface area contributed by atoms with E-state index in [2.05, 4.69) is 0 Å². The molecule has 0 aromatic heterocycles. The second-order valence-corrected chi connectivity index (χ2v) is 2.74. The van der Waals surface area contributed by atoms with Crippen LogP contribution in [0.4, 0.5) is 10.5 Å². The van der Waals surface area contributed by atoms with Crippen molar-refractivity contribution in [2.75, 3.05) is 11.4 Å². The van der Waals surface area contributed by atoms with Gasteiger partial charge in [0.15, 0.2) is 0 Å². The maximum atomic E-state index is 11.0. The second kappa shape index (κ2) is 4.28. The molecule has 0 atom stereocenters. The van der Waals surface area contributed by atoms with Crippen LogP contribution in [0.15, 0.2) is 24.3 Å². The molecule has 0 aliphatic carbocycles. The largest absolute Gasteiger partial charge is 0.351 e. The fraction of sp³-hybridized carbons (Fsp3) is 0.200. The van der Waals surface area contributed by atoms with Crippen LogP contribution in [0.1, 0.15) is 12.5 Å². The van der Waals surface area contributed by atoms with E-state index in [9.17, 15) is 4.79 Å². The third-order valence-corrected chi connectivity index (χ3v) is 1.87. The van der Waals surface area contributed by atoms with Crippen molar-refractivity contribution < 1.29 is 4.79 Å². The summed E-state index contributed by atoms with van der Waals surface area (Å²) in [6.07, 6.45) is 0. The summed E-state index contributed by atoms with van der Waals surface area (Å²) in [5.41, 5.74) is 6.34. The number of urea groups is 1. The lowest BCUT2D eigenvalue weighted by atomic mass is 10.2. The molecule has 14 heavy (non-hydrogen) atoms. The number of primary amides is 1. The lowest BCUT2D eigenvalue weighted by Crippen LogP contribution is -2.35. The Kier molecular flexibility index (Phi) is 3.08. The van der Waals surface area contributed by atoms with Crippen LogP contribution in [0.5, 0.6) is 0 Å². The third kappa shape index (κ3) is 2.02. The van der Waals surface area contributed by atoms with Crippen molar-refractivity contribution >= 4 is 11.7 Å². The van der Waals surface area contributed by atoms with E-state index in [1.165, 1.54) is 4.90 Å². The number of carbonyl (C=O) groups excluding carboxylic acids is 1. The highest BCUT2D eigenvalue weighted by molar-refractivity contribution is 5.90. The summed E-state index contributed by atoms with van der Waals surface area (Å²) in [7, 11) is 0. The minimum Gasteiger partial charge on any atom is -0.351 e. The van der Waals surface area contributed by atoms with Gasteiger partial charge in [0, 0.05) is 12.2 Å². The Hall–Kier alpha value is -2.02. The summed E-state index contributed by atoms with van der Waals surface area (Å²) in [5, 5.41) is 8.67. The van der Waals surface area contributed by atoms with Gasteiger partial charge < -0.3 is 5.73 Å². The van der Waals surface area contributed by atoms with Crippen molar-refractivity contribution in [3.63, 3.8) is 0 Å². The Bertz CT molecular complexity index is 381. The topological polar surface area (TPSA) is 70.1 Å². The molecule has 0 bridgehead atoms. The van der Waals surface area contributed by atoms with Crippen LogP contribution < -0.4 is 10.6 Å². The molecule has 0 fully saturated rings. The van der Waals surface area contributed by atoms with Gasteiger partial charge in [0.05, 0.1) is 11.6 Å². The molecule has 1 aromatic rings. The molecule has 0 heterocycles. The lowest BCUT2D eigenvalue weighted by molar-refractivity contribution is 0.254. The standard InChI is InChI=1S/C10H11N3O/c1-2-13(10(12)14)9-5-3-4-8(6-9)7-11/h3-6H,2H2,1H3,(H2,12,14). The van der Waals surface area contributed by atoms with Gasteiger partial charge in [0.25, 0.3) is 0 Å². The van der Waals surface area contributed by atoms with Crippen LogP contribution in [0.3, 0.4) is 0 Å². The number of benzene rings is 1. The summed E-state index contributed by atoms with van der Waals surface area (Å²) < 4.78 is 0. The molecule has 0 radical (unpaired) electrons. The molecule has 2 N–H and O–H groups in total. The van der Waals surface area contributed by atoms with Gasteiger partial charge in [-0.15, -0.1) is 0 Å². The van der Waals surface area contributed by atoms with Gasteiger partial charge in [-0.1, -0.05) is 6.07 Å². The number of nitriles is 1. The normalized spacial score (nSPS) is 9.14. The van der Waals surface area contributed by atoms with Crippen molar-refractivity contribution in [2.45, 2.75) is 6.92 Å². The summed E-state index contributed by atoms with van der Waals surface area (Å²) in [6, 6.07) is 8.27. The van der Waals surface area contributed by atoms with Crippen LogP contribution in [0.25, 0.3) is 0 Å². The maximum Gasteiger partial charge on any atom is 0.319 e. The van der Waals surface area contributed by atoms with Crippen molar-refractivity contribution in [1.29, 1.82) is 5.26 Å². The summed E-state index contributed by atoms with van der Waals surface area (Å²) >= 11 is 0.